The molecule has 0 aliphatic rings. The zero-order chi connectivity index (χ0) is 22.6. The Hall–Kier alpha value is -2.60. The normalized spacial score (nSPS) is 11.8. The van der Waals surface area contributed by atoms with E-state index in [1.165, 1.54) is 54.1 Å². The Bertz CT molecular complexity index is 1210. The van der Waals surface area contributed by atoms with Gasteiger partial charge in [0, 0.05) is 10.6 Å². The maximum absolute atomic E-state index is 12.5. The number of hydrogen-bond acceptors (Lipinski definition) is 4. The van der Waals surface area contributed by atoms with Gasteiger partial charge in [-0.1, -0.05) is 67.4 Å². The highest BCUT2D eigenvalue weighted by Crippen LogP contribution is 2.28. The summed E-state index contributed by atoms with van der Waals surface area (Å²) < 4.78 is 30.1. The molecule has 0 spiro atoms. The van der Waals surface area contributed by atoms with Gasteiger partial charge in [-0.25, -0.2) is 0 Å². The van der Waals surface area contributed by atoms with Crippen LogP contribution in [0, 0.1) is 0 Å². The second kappa shape index (κ2) is 9.69. The summed E-state index contributed by atoms with van der Waals surface area (Å²) in [6.45, 7) is 4.24. The first-order valence-electron chi connectivity index (χ1n) is 9.48. The highest BCUT2D eigenvalue weighted by atomic mass is 35.5. The monoisotopic (exact) mass is 474 g/mol. The number of hydrogen-bond donors (Lipinski definition) is 0. The Kier molecular flexibility index (Phi) is 7.21. The first kappa shape index (κ1) is 23.1. The molecule has 3 rings (SSSR count). The number of benzene rings is 3. The molecular weight excluding hydrogens is 455 g/mol. The highest BCUT2D eigenvalue weighted by molar-refractivity contribution is 7.87. The fourth-order valence-corrected chi connectivity index (χ4v) is 4.45. The van der Waals surface area contributed by atoms with E-state index in [0.717, 1.165) is 5.56 Å². The van der Waals surface area contributed by atoms with Gasteiger partial charge in [-0.05, 0) is 65.6 Å². The molecule has 0 unspecified atom stereocenters. The van der Waals surface area contributed by atoms with Crippen LogP contribution in [0.4, 0.5) is 0 Å². The summed E-state index contributed by atoms with van der Waals surface area (Å²) in [5, 5.41) is 0.223. The Labute approximate surface area is 192 Å². The number of rotatable bonds is 7. The van der Waals surface area contributed by atoms with Crippen molar-refractivity contribution in [2.45, 2.75) is 24.7 Å². The zero-order valence-corrected chi connectivity index (χ0v) is 19.2. The zero-order valence-electron chi connectivity index (χ0n) is 16.9. The molecule has 0 aliphatic carbocycles. The number of carbonyl (C=O) groups is 1. The summed E-state index contributed by atoms with van der Waals surface area (Å²) in [6, 6.07) is 17.9. The minimum atomic E-state index is -4.17. The summed E-state index contributed by atoms with van der Waals surface area (Å²) in [5.41, 5.74) is 2.55. The third-order valence-corrected chi connectivity index (χ3v) is 6.50. The van der Waals surface area contributed by atoms with E-state index < -0.39 is 10.1 Å². The van der Waals surface area contributed by atoms with Gasteiger partial charge in [-0.3, -0.25) is 4.79 Å². The van der Waals surface area contributed by atoms with Crippen molar-refractivity contribution in [1.29, 1.82) is 0 Å². The van der Waals surface area contributed by atoms with Crippen molar-refractivity contribution in [2.75, 3.05) is 0 Å². The molecule has 0 aliphatic heterocycles. The van der Waals surface area contributed by atoms with Gasteiger partial charge in [0.25, 0.3) is 0 Å². The van der Waals surface area contributed by atoms with Gasteiger partial charge in [-0.2, -0.15) is 8.42 Å². The van der Waals surface area contributed by atoms with Crippen LogP contribution >= 0.6 is 23.2 Å². The average Bonchev–Trinajstić information content (AvgIpc) is 2.74. The fourth-order valence-electron chi connectivity index (χ4n) is 2.78. The van der Waals surface area contributed by atoms with Crippen LogP contribution < -0.4 is 4.18 Å². The van der Waals surface area contributed by atoms with E-state index >= 15 is 0 Å². The van der Waals surface area contributed by atoms with E-state index in [-0.39, 0.29) is 26.5 Å². The lowest BCUT2D eigenvalue weighted by molar-refractivity contribution is 0.104. The van der Waals surface area contributed by atoms with Crippen LogP contribution in [0.25, 0.3) is 6.08 Å². The molecule has 0 amide bonds. The summed E-state index contributed by atoms with van der Waals surface area (Å²) in [6.07, 6.45) is 3.21. The van der Waals surface area contributed by atoms with Crippen LogP contribution in [-0.2, 0) is 10.1 Å². The highest BCUT2D eigenvalue weighted by Gasteiger charge is 2.21. The van der Waals surface area contributed by atoms with E-state index in [2.05, 4.69) is 13.8 Å². The minimum absolute atomic E-state index is 0.00256. The lowest BCUT2D eigenvalue weighted by Crippen LogP contribution is -2.10. The Morgan fingerprint density at radius 1 is 0.935 bits per heavy atom. The SMILES string of the molecule is CC(C)c1ccc(C=CC(=O)c2ccc(OS(=O)(=O)c3cc(Cl)ccc3Cl)cc2)cc1. The van der Waals surface area contributed by atoms with Crippen molar-refractivity contribution in [2.24, 2.45) is 0 Å². The van der Waals surface area contributed by atoms with Gasteiger partial charge in [0.05, 0.1) is 5.02 Å². The molecule has 0 saturated heterocycles. The van der Waals surface area contributed by atoms with Gasteiger partial charge in [0.2, 0.25) is 0 Å². The molecule has 0 fully saturated rings. The van der Waals surface area contributed by atoms with Crippen molar-refractivity contribution in [3.8, 4) is 5.75 Å². The third-order valence-electron chi connectivity index (χ3n) is 4.54. The van der Waals surface area contributed by atoms with Crippen molar-refractivity contribution in [3.05, 3.63) is 99.5 Å². The van der Waals surface area contributed by atoms with Crippen molar-refractivity contribution >= 4 is 45.2 Å². The van der Waals surface area contributed by atoms with Crippen molar-refractivity contribution in [1.82, 2.24) is 0 Å². The first-order chi connectivity index (χ1) is 14.7. The van der Waals surface area contributed by atoms with Gasteiger partial charge < -0.3 is 4.18 Å². The van der Waals surface area contributed by atoms with Gasteiger partial charge in [0.1, 0.15) is 10.6 Å². The average molecular weight is 475 g/mol. The molecule has 4 nitrogen and oxygen atoms in total. The summed E-state index contributed by atoms with van der Waals surface area (Å²) >= 11 is 11.8. The van der Waals surface area contributed by atoms with E-state index in [9.17, 15) is 13.2 Å². The summed E-state index contributed by atoms with van der Waals surface area (Å²) in [7, 11) is -4.17. The van der Waals surface area contributed by atoms with Crippen LogP contribution in [0.15, 0.2) is 77.7 Å². The molecule has 0 bridgehead atoms. The van der Waals surface area contributed by atoms with Gasteiger partial charge in [0.15, 0.2) is 5.78 Å². The molecule has 31 heavy (non-hydrogen) atoms. The largest absolute Gasteiger partial charge is 0.379 e. The predicted octanol–water partition coefficient (Wildman–Crippen LogP) is 6.78. The second-order valence-corrected chi connectivity index (χ2v) is 9.51. The molecule has 0 N–H and O–H groups in total. The van der Waals surface area contributed by atoms with Crippen molar-refractivity contribution in [3.63, 3.8) is 0 Å². The summed E-state index contributed by atoms with van der Waals surface area (Å²) in [5.74, 6) is 0.292. The van der Waals surface area contributed by atoms with Crippen molar-refractivity contribution < 1.29 is 17.4 Å². The number of ketones is 1. The molecule has 0 aromatic heterocycles. The van der Waals surface area contributed by atoms with Crippen LogP contribution in [0.5, 0.6) is 5.75 Å². The Morgan fingerprint density at radius 2 is 1.58 bits per heavy atom. The smallest absolute Gasteiger partial charge is 0.340 e. The van der Waals surface area contributed by atoms with E-state index in [1.807, 2.05) is 24.3 Å². The Balaban J connectivity index is 1.70. The second-order valence-electron chi connectivity index (χ2n) is 7.16. The molecule has 0 atom stereocenters. The maximum atomic E-state index is 12.5. The molecule has 0 radical (unpaired) electrons. The molecular formula is C24H20Cl2O4S. The fraction of sp³-hybridized carbons (Fsp3) is 0.125. The van der Waals surface area contributed by atoms with Gasteiger partial charge >= 0.3 is 10.1 Å². The Morgan fingerprint density at radius 3 is 2.19 bits per heavy atom. The van der Waals surface area contributed by atoms with E-state index in [4.69, 9.17) is 27.4 Å². The number of allylic oxidation sites excluding steroid dienone is 1. The lowest BCUT2D eigenvalue weighted by atomic mass is 10.0. The topological polar surface area (TPSA) is 60.4 Å². The molecule has 160 valence electrons. The quantitative estimate of drug-likeness (QED) is 0.215. The van der Waals surface area contributed by atoms with Crippen LogP contribution in [0.3, 0.4) is 0 Å². The van der Waals surface area contributed by atoms with E-state index in [1.54, 1.807) is 6.08 Å². The first-order valence-corrected chi connectivity index (χ1v) is 11.6. The summed E-state index contributed by atoms with van der Waals surface area (Å²) in [4.78, 5) is 12.2. The molecule has 3 aromatic carbocycles. The molecule has 3 aromatic rings. The molecule has 0 heterocycles. The minimum Gasteiger partial charge on any atom is -0.379 e. The van der Waals surface area contributed by atoms with Gasteiger partial charge in [-0.15, -0.1) is 0 Å². The van der Waals surface area contributed by atoms with Crippen LogP contribution in [-0.4, -0.2) is 14.2 Å². The van der Waals surface area contributed by atoms with Crippen LogP contribution in [0.1, 0.15) is 41.3 Å². The van der Waals surface area contributed by atoms with E-state index in [0.29, 0.717) is 11.5 Å². The standard InChI is InChI=1S/C24H20Cl2O4S/c1-16(2)18-6-3-17(4-7-18)5-14-23(27)19-8-11-21(12-9-19)30-31(28,29)24-15-20(25)10-13-22(24)26/h3-16H,1-2H3. The maximum Gasteiger partial charge on any atom is 0.340 e. The lowest BCUT2D eigenvalue weighted by Gasteiger charge is -2.09. The number of halogens is 2. The van der Waals surface area contributed by atoms with Crippen LogP contribution in [0.2, 0.25) is 10.0 Å². The molecule has 7 heteroatoms. The third kappa shape index (κ3) is 5.97. The molecule has 0 saturated carbocycles. The number of carbonyl (C=O) groups excluding carboxylic acids is 1. The predicted molar refractivity (Wildman–Crippen MR) is 125 cm³/mol.